The molecule has 1 aromatic rings. The SMILES string of the molecule is CC(=O)ON(C=O)C1Cc2cc(F)cc(F)c2C1. The van der Waals surface area contributed by atoms with Crippen molar-refractivity contribution in [2.75, 3.05) is 0 Å². The smallest absolute Gasteiger partial charge is 0.329 e. The highest BCUT2D eigenvalue weighted by Gasteiger charge is 2.30. The molecule has 1 aliphatic carbocycles. The van der Waals surface area contributed by atoms with Gasteiger partial charge in [-0.1, -0.05) is 0 Å². The lowest BCUT2D eigenvalue weighted by Crippen LogP contribution is -2.36. The van der Waals surface area contributed by atoms with Gasteiger partial charge in [0.25, 0.3) is 0 Å². The second kappa shape index (κ2) is 4.72. The number of nitrogens with zero attached hydrogens (tertiary/aromatic N) is 1. The molecule has 0 spiro atoms. The first-order chi connectivity index (χ1) is 8.51. The van der Waals surface area contributed by atoms with Gasteiger partial charge in [-0.25, -0.2) is 8.78 Å². The zero-order chi connectivity index (χ0) is 13.3. The standard InChI is InChI=1S/C12H11F2NO3/c1-7(17)18-15(6-16)10-3-8-2-9(13)4-12(14)11(8)5-10/h2,4,6,10H,3,5H2,1H3. The molecular weight excluding hydrogens is 244 g/mol. The molecule has 1 atom stereocenters. The lowest BCUT2D eigenvalue weighted by molar-refractivity contribution is -0.196. The summed E-state index contributed by atoms with van der Waals surface area (Å²) in [6.07, 6.45) is 0.829. The number of fused-ring (bicyclic) bond motifs is 1. The number of hydrogen-bond donors (Lipinski definition) is 0. The van der Waals surface area contributed by atoms with Crippen molar-refractivity contribution < 1.29 is 23.2 Å². The Balaban J connectivity index is 2.20. The van der Waals surface area contributed by atoms with E-state index in [1.165, 1.54) is 13.0 Å². The molecule has 1 unspecified atom stereocenters. The summed E-state index contributed by atoms with van der Waals surface area (Å²) in [5, 5.41) is 0.847. The summed E-state index contributed by atoms with van der Waals surface area (Å²) in [6.45, 7) is 1.17. The molecule has 0 aliphatic heterocycles. The number of carbonyl (C=O) groups excluding carboxylic acids is 2. The fourth-order valence-corrected chi connectivity index (χ4v) is 2.14. The molecule has 1 aliphatic rings. The largest absolute Gasteiger partial charge is 0.338 e. The van der Waals surface area contributed by atoms with Crippen molar-refractivity contribution in [1.82, 2.24) is 5.06 Å². The molecule has 1 aromatic carbocycles. The molecule has 0 bridgehead atoms. The van der Waals surface area contributed by atoms with Gasteiger partial charge in [0.1, 0.15) is 11.6 Å². The van der Waals surface area contributed by atoms with Crippen LogP contribution in [-0.2, 0) is 27.3 Å². The van der Waals surface area contributed by atoms with Crippen LogP contribution in [0.3, 0.4) is 0 Å². The molecule has 4 nitrogen and oxygen atoms in total. The van der Waals surface area contributed by atoms with Crippen LogP contribution >= 0.6 is 0 Å². The molecule has 0 fully saturated rings. The lowest BCUT2D eigenvalue weighted by Gasteiger charge is -2.21. The summed E-state index contributed by atoms with van der Waals surface area (Å²) < 4.78 is 26.5. The molecule has 0 N–H and O–H groups in total. The number of rotatable bonds is 3. The van der Waals surface area contributed by atoms with Gasteiger partial charge in [0, 0.05) is 13.0 Å². The quantitative estimate of drug-likeness (QED) is 0.605. The minimum Gasteiger partial charge on any atom is -0.338 e. The van der Waals surface area contributed by atoms with Gasteiger partial charge < -0.3 is 4.84 Å². The average Bonchev–Trinajstić information content (AvgIpc) is 2.69. The van der Waals surface area contributed by atoms with Crippen LogP contribution < -0.4 is 0 Å². The minimum atomic E-state index is -0.656. The molecule has 2 rings (SSSR count). The van der Waals surface area contributed by atoms with Crippen LogP contribution in [0.5, 0.6) is 0 Å². The summed E-state index contributed by atoms with van der Waals surface area (Å²) in [4.78, 5) is 26.3. The Morgan fingerprint density at radius 3 is 2.78 bits per heavy atom. The van der Waals surface area contributed by atoms with Crippen LogP contribution in [-0.4, -0.2) is 23.5 Å². The van der Waals surface area contributed by atoms with E-state index in [2.05, 4.69) is 0 Å². The van der Waals surface area contributed by atoms with Crippen molar-refractivity contribution in [3.05, 3.63) is 34.9 Å². The highest BCUT2D eigenvalue weighted by molar-refractivity contribution is 5.67. The van der Waals surface area contributed by atoms with E-state index < -0.39 is 23.6 Å². The van der Waals surface area contributed by atoms with Crippen molar-refractivity contribution in [1.29, 1.82) is 0 Å². The van der Waals surface area contributed by atoms with Gasteiger partial charge in [0.15, 0.2) is 0 Å². The third-order valence-corrected chi connectivity index (χ3v) is 2.85. The molecule has 0 heterocycles. The van der Waals surface area contributed by atoms with Gasteiger partial charge >= 0.3 is 5.97 Å². The van der Waals surface area contributed by atoms with Crippen LogP contribution in [0.4, 0.5) is 8.78 Å². The maximum atomic E-state index is 13.5. The molecule has 6 heteroatoms. The highest BCUT2D eigenvalue weighted by Crippen LogP contribution is 2.28. The molecule has 18 heavy (non-hydrogen) atoms. The van der Waals surface area contributed by atoms with E-state index in [1.807, 2.05) is 0 Å². The third kappa shape index (κ3) is 2.32. The maximum absolute atomic E-state index is 13.5. The van der Waals surface area contributed by atoms with E-state index >= 15 is 0 Å². The number of benzene rings is 1. The minimum absolute atomic E-state index is 0.202. The van der Waals surface area contributed by atoms with Gasteiger partial charge in [0.2, 0.25) is 6.41 Å². The second-order valence-corrected chi connectivity index (χ2v) is 4.14. The van der Waals surface area contributed by atoms with Crippen LogP contribution in [0, 0.1) is 11.6 Å². The van der Waals surface area contributed by atoms with E-state index in [-0.39, 0.29) is 12.8 Å². The Labute approximate surface area is 102 Å². The monoisotopic (exact) mass is 255 g/mol. The normalized spacial score (nSPS) is 17.2. The summed E-state index contributed by atoms with van der Waals surface area (Å²) in [6, 6.07) is 1.55. The first-order valence-corrected chi connectivity index (χ1v) is 5.40. The van der Waals surface area contributed by atoms with Crippen molar-refractivity contribution in [3.8, 4) is 0 Å². The van der Waals surface area contributed by atoms with Gasteiger partial charge in [-0.2, -0.15) is 5.06 Å². The predicted molar refractivity (Wildman–Crippen MR) is 57.2 cm³/mol. The Kier molecular flexibility index (Phi) is 3.27. The average molecular weight is 255 g/mol. The lowest BCUT2D eigenvalue weighted by atomic mass is 10.1. The van der Waals surface area contributed by atoms with Crippen molar-refractivity contribution in [2.24, 2.45) is 0 Å². The van der Waals surface area contributed by atoms with E-state index in [0.717, 1.165) is 11.1 Å². The number of amides is 1. The first-order valence-electron chi connectivity index (χ1n) is 5.40. The Morgan fingerprint density at radius 2 is 2.17 bits per heavy atom. The molecule has 0 saturated heterocycles. The second-order valence-electron chi connectivity index (χ2n) is 4.14. The highest BCUT2D eigenvalue weighted by atomic mass is 19.1. The molecule has 96 valence electrons. The maximum Gasteiger partial charge on any atom is 0.329 e. The van der Waals surface area contributed by atoms with E-state index in [9.17, 15) is 18.4 Å². The fourth-order valence-electron chi connectivity index (χ4n) is 2.14. The van der Waals surface area contributed by atoms with Crippen LogP contribution in [0.15, 0.2) is 12.1 Å². The third-order valence-electron chi connectivity index (χ3n) is 2.85. The van der Waals surface area contributed by atoms with E-state index in [4.69, 9.17) is 4.84 Å². The summed E-state index contributed by atoms with van der Waals surface area (Å²) in [5.41, 5.74) is 0.858. The molecular formula is C12H11F2NO3. The molecule has 0 saturated carbocycles. The van der Waals surface area contributed by atoms with Gasteiger partial charge in [0.05, 0.1) is 6.04 Å². The van der Waals surface area contributed by atoms with Gasteiger partial charge in [-0.3, -0.25) is 9.59 Å². The van der Waals surface area contributed by atoms with Crippen molar-refractivity contribution in [2.45, 2.75) is 25.8 Å². The summed E-state index contributed by atoms with van der Waals surface area (Å²) >= 11 is 0. The number of carbonyl (C=O) groups is 2. The van der Waals surface area contributed by atoms with E-state index in [1.54, 1.807) is 0 Å². The molecule has 1 amide bonds. The Hall–Kier alpha value is -1.98. The fraction of sp³-hybridized carbons (Fsp3) is 0.333. The van der Waals surface area contributed by atoms with Crippen molar-refractivity contribution >= 4 is 12.4 Å². The Morgan fingerprint density at radius 1 is 1.44 bits per heavy atom. The van der Waals surface area contributed by atoms with Crippen LogP contribution in [0.1, 0.15) is 18.1 Å². The number of halogens is 2. The van der Waals surface area contributed by atoms with E-state index in [0.29, 0.717) is 17.5 Å². The Bertz CT molecular complexity index is 504. The van der Waals surface area contributed by atoms with Crippen LogP contribution in [0.25, 0.3) is 0 Å². The molecule has 0 radical (unpaired) electrons. The summed E-state index contributed by atoms with van der Waals surface area (Å²) in [5.74, 6) is -1.93. The number of hydroxylamine groups is 2. The predicted octanol–water partition coefficient (Wildman–Crippen LogP) is 1.37. The van der Waals surface area contributed by atoms with Gasteiger partial charge in [-0.15, -0.1) is 0 Å². The van der Waals surface area contributed by atoms with Crippen molar-refractivity contribution in [3.63, 3.8) is 0 Å². The van der Waals surface area contributed by atoms with Crippen LogP contribution in [0.2, 0.25) is 0 Å². The van der Waals surface area contributed by atoms with Gasteiger partial charge in [-0.05, 0) is 30.0 Å². The first kappa shape index (κ1) is 12.5. The topological polar surface area (TPSA) is 46.6 Å². The number of hydrogen-bond acceptors (Lipinski definition) is 3. The molecule has 0 aromatic heterocycles. The zero-order valence-electron chi connectivity index (χ0n) is 9.65. The summed E-state index contributed by atoms with van der Waals surface area (Å²) in [7, 11) is 0. The zero-order valence-corrected chi connectivity index (χ0v) is 9.65.